The lowest BCUT2D eigenvalue weighted by Crippen LogP contribution is -2.18. The lowest BCUT2D eigenvalue weighted by molar-refractivity contribution is -0.385. The third kappa shape index (κ3) is 5.80. The van der Waals surface area contributed by atoms with Crippen molar-refractivity contribution in [3.05, 3.63) is 33.6 Å². The highest BCUT2D eigenvalue weighted by Crippen LogP contribution is 2.31. The molecule has 138 valence electrons. The van der Waals surface area contributed by atoms with Gasteiger partial charge in [0.15, 0.2) is 11.6 Å². The van der Waals surface area contributed by atoms with Crippen LogP contribution in [-0.2, 0) is 11.2 Å². The molecule has 0 amide bonds. The van der Waals surface area contributed by atoms with Gasteiger partial charge in [0, 0.05) is 12.5 Å². The summed E-state index contributed by atoms with van der Waals surface area (Å²) in [7, 11) is 0. The molecule has 2 rings (SSSR count). The van der Waals surface area contributed by atoms with Gasteiger partial charge in [-0.15, -0.1) is 0 Å². The first-order chi connectivity index (χ1) is 12.0. The zero-order valence-corrected chi connectivity index (χ0v) is 14.8. The number of ether oxygens (including phenoxy) is 1. The van der Waals surface area contributed by atoms with E-state index in [4.69, 9.17) is 4.74 Å². The smallest absolute Gasteiger partial charge is 0.276 e. The highest BCUT2D eigenvalue weighted by Gasteiger charge is 2.24. The Morgan fingerprint density at radius 2 is 1.72 bits per heavy atom. The first-order valence-electron chi connectivity index (χ1n) is 9.11. The Labute approximate surface area is 147 Å². The van der Waals surface area contributed by atoms with Crippen LogP contribution < -0.4 is 4.74 Å². The predicted octanol–water partition coefficient (Wildman–Crippen LogP) is 5.14. The zero-order valence-electron chi connectivity index (χ0n) is 14.8. The first kappa shape index (κ1) is 19.3. The Kier molecular flexibility index (Phi) is 7.34. The van der Waals surface area contributed by atoms with E-state index in [0.717, 1.165) is 38.5 Å². The molecule has 1 aromatic carbocycles. The Hall–Kier alpha value is -1.98. The number of ketones is 1. The quantitative estimate of drug-likeness (QED) is 0.544. The topological polar surface area (TPSA) is 69.4 Å². The van der Waals surface area contributed by atoms with Crippen molar-refractivity contribution in [1.82, 2.24) is 0 Å². The van der Waals surface area contributed by atoms with E-state index in [-0.39, 0.29) is 35.3 Å². The van der Waals surface area contributed by atoms with Gasteiger partial charge in [0.2, 0.25) is 0 Å². The van der Waals surface area contributed by atoms with Crippen LogP contribution in [0.15, 0.2) is 12.1 Å². The highest BCUT2D eigenvalue weighted by atomic mass is 19.1. The normalized spacial score (nSPS) is 17.0. The number of benzene rings is 1. The fourth-order valence-corrected chi connectivity index (χ4v) is 3.34. The number of rotatable bonds is 5. The van der Waals surface area contributed by atoms with Crippen LogP contribution >= 0.6 is 0 Å². The lowest BCUT2D eigenvalue weighted by atomic mass is 9.99. The second-order valence-electron chi connectivity index (χ2n) is 6.80. The van der Waals surface area contributed by atoms with Crippen LogP contribution in [0.4, 0.5) is 10.1 Å². The minimum Gasteiger partial charge on any atom is -0.487 e. The minimum absolute atomic E-state index is 0.0175. The van der Waals surface area contributed by atoms with Gasteiger partial charge in [0.25, 0.3) is 5.69 Å². The van der Waals surface area contributed by atoms with Gasteiger partial charge in [-0.3, -0.25) is 14.9 Å². The number of nitrogens with zero attached hydrogens (tertiary/aromatic N) is 1. The molecule has 0 unspecified atom stereocenters. The summed E-state index contributed by atoms with van der Waals surface area (Å²) in [5.74, 6) is -1.08. The summed E-state index contributed by atoms with van der Waals surface area (Å²) in [6.45, 7) is 1.29. The summed E-state index contributed by atoms with van der Waals surface area (Å²) < 4.78 is 20.6. The predicted molar refractivity (Wildman–Crippen MR) is 93.4 cm³/mol. The molecule has 0 N–H and O–H groups in total. The van der Waals surface area contributed by atoms with Gasteiger partial charge in [-0.1, -0.05) is 32.1 Å². The van der Waals surface area contributed by atoms with Crippen LogP contribution in [0, 0.1) is 15.9 Å². The van der Waals surface area contributed by atoms with E-state index in [1.54, 1.807) is 0 Å². The third-order valence-corrected chi connectivity index (χ3v) is 4.65. The largest absolute Gasteiger partial charge is 0.487 e. The van der Waals surface area contributed by atoms with E-state index in [2.05, 4.69) is 0 Å². The fraction of sp³-hybridized carbons (Fsp3) is 0.632. The fourth-order valence-electron chi connectivity index (χ4n) is 3.34. The maximum Gasteiger partial charge on any atom is 0.276 e. The molecule has 1 aliphatic rings. The van der Waals surface area contributed by atoms with Gasteiger partial charge in [0.1, 0.15) is 5.78 Å². The second kappa shape index (κ2) is 9.49. The van der Waals surface area contributed by atoms with Gasteiger partial charge in [-0.25, -0.2) is 4.39 Å². The van der Waals surface area contributed by atoms with Crippen LogP contribution in [0.1, 0.15) is 70.3 Å². The average Bonchev–Trinajstić information content (AvgIpc) is 2.56. The monoisotopic (exact) mass is 351 g/mol. The number of hydrogen-bond donors (Lipinski definition) is 0. The molecule has 0 atom stereocenters. The molecule has 0 spiro atoms. The molecular formula is C19H26FNO4. The Balaban J connectivity index is 2.19. The Morgan fingerprint density at radius 1 is 1.16 bits per heavy atom. The molecule has 6 heteroatoms. The number of nitro groups is 1. The van der Waals surface area contributed by atoms with E-state index in [0.29, 0.717) is 0 Å². The molecular weight excluding hydrogens is 325 g/mol. The van der Waals surface area contributed by atoms with Gasteiger partial charge in [0.05, 0.1) is 16.6 Å². The molecule has 0 radical (unpaired) electrons. The average molecular weight is 351 g/mol. The molecule has 1 saturated carbocycles. The van der Waals surface area contributed by atoms with Crippen LogP contribution in [0.25, 0.3) is 0 Å². The number of carbonyl (C=O) groups excluding carboxylic acids is 1. The van der Waals surface area contributed by atoms with Crippen LogP contribution in [-0.4, -0.2) is 16.8 Å². The molecule has 0 saturated heterocycles. The molecule has 0 bridgehead atoms. The summed E-state index contributed by atoms with van der Waals surface area (Å²) in [6, 6.07) is 2.55. The van der Waals surface area contributed by atoms with Crippen LogP contribution in [0.2, 0.25) is 0 Å². The summed E-state index contributed by atoms with van der Waals surface area (Å²) in [5, 5.41) is 11.1. The van der Waals surface area contributed by atoms with Crippen molar-refractivity contribution < 1.29 is 18.8 Å². The summed E-state index contributed by atoms with van der Waals surface area (Å²) in [4.78, 5) is 21.8. The van der Waals surface area contributed by atoms with Crippen LogP contribution in [0.5, 0.6) is 5.75 Å². The van der Waals surface area contributed by atoms with Crippen molar-refractivity contribution in [2.75, 3.05) is 0 Å². The van der Waals surface area contributed by atoms with Crippen molar-refractivity contribution in [3.8, 4) is 5.75 Å². The van der Waals surface area contributed by atoms with Gasteiger partial charge >= 0.3 is 0 Å². The molecule has 0 aromatic heterocycles. The number of hydrogen-bond acceptors (Lipinski definition) is 4. The number of halogens is 1. The number of carbonyl (C=O) groups is 1. The molecule has 0 heterocycles. The maximum absolute atomic E-state index is 14.8. The number of Topliss-reactive ketones (excluding diaryl/α,β-unsaturated/α-hetero) is 1. The van der Waals surface area contributed by atoms with Gasteiger partial charge in [-0.05, 0) is 38.7 Å². The molecule has 25 heavy (non-hydrogen) atoms. The van der Waals surface area contributed by atoms with Crippen LogP contribution in [0.3, 0.4) is 0 Å². The molecule has 5 nitrogen and oxygen atoms in total. The van der Waals surface area contributed by atoms with E-state index in [9.17, 15) is 19.3 Å². The third-order valence-electron chi connectivity index (χ3n) is 4.65. The van der Waals surface area contributed by atoms with Crippen molar-refractivity contribution in [3.63, 3.8) is 0 Å². The maximum atomic E-state index is 14.8. The zero-order chi connectivity index (χ0) is 18.2. The lowest BCUT2D eigenvalue weighted by Gasteiger charge is -2.21. The Morgan fingerprint density at radius 3 is 2.24 bits per heavy atom. The number of nitro benzene ring substituents is 1. The second-order valence-corrected chi connectivity index (χ2v) is 6.80. The summed E-state index contributed by atoms with van der Waals surface area (Å²) >= 11 is 0. The van der Waals surface area contributed by atoms with E-state index in [1.807, 2.05) is 0 Å². The van der Waals surface area contributed by atoms with Crippen molar-refractivity contribution in [2.24, 2.45) is 0 Å². The SMILES string of the molecule is CC(=O)Cc1c([N+](=O)[O-])ccc(OC2CCCCCCCCC2)c1F. The molecule has 0 aliphatic heterocycles. The molecule has 1 fully saturated rings. The van der Waals surface area contributed by atoms with E-state index >= 15 is 0 Å². The molecule has 1 aliphatic carbocycles. The molecule has 1 aromatic rings. The van der Waals surface area contributed by atoms with Gasteiger partial charge < -0.3 is 4.74 Å². The van der Waals surface area contributed by atoms with Crippen molar-refractivity contribution >= 4 is 11.5 Å². The van der Waals surface area contributed by atoms with Crippen molar-refractivity contribution in [1.29, 1.82) is 0 Å². The summed E-state index contributed by atoms with van der Waals surface area (Å²) in [5.41, 5.74) is -0.555. The highest BCUT2D eigenvalue weighted by molar-refractivity contribution is 5.79. The van der Waals surface area contributed by atoms with E-state index in [1.165, 1.54) is 38.3 Å². The van der Waals surface area contributed by atoms with E-state index < -0.39 is 10.7 Å². The summed E-state index contributed by atoms with van der Waals surface area (Å²) in [6.07, 6.45) is 9.44. The Bertz CT molecular complexity index is 608. The van der Waals surface area contributed by atoms with Gasteiger partial charge in [-0.2, -0.15) is 0 Å². The minimum atomic E-state index is -0.776. The first-order valence-corrected chi connectivity index (χ1v) is 9.11. The standard InChI is InChI=1S/C19H26FNO4/c1-14(22)13-16-17(21(23)24)11-12-18(19(16)20)25-15-9-7-5-3-2-4-6-8-10-15/h11-12,15H,2-10,13H2,1H3. The van der Waals surface area contributed by atoms with Crippen molar-refractivity contribution in [2.45, 2.75) is 77.2 Å².